The molecule has 2 amide bonds. The van der Waals surface area contributed by atoms with Crippen LogP contribution >= 0.6 is 0 Å². The van der Waals surface area contributed by atoms with Crippen LogP contribution in [-0.2, 0) is 0 Å². The van der Waals surface area contributed by atoms with E-state index in [0.717, 1.165) is 19.3 Å². The Morgan fingerprint density at radius 3 is 2.53 bits per heavy atom. The molecule has 106 valence electrons. The molecule has 0 aromatic heterocycles. The summed E-state index contributed by atoms with van der Waals surface area (Å²) in [4.78, 5) is 13.6. The lowest BCUT2D eigenvalue weighted by Gasteiger charge is -2.22. The van der Waals surface area contributed by atoms with E-state index in [1.54, 1.807) is 4.90 Å². The average Bonchev–Trinajstić information content (AvgIpc) is 2.40. The summed E-state index contributed by atoms with van der Waals surface area (Å²) in [7, 11) is 0. The van der Waals surface area contributed by atoms with Crippen LogP contribution in [0.2, 0.25) is 0 Å². The maximum absolute atomic E-state index is 12.8. The summed E-state index contributed by atoms with van der Waals surface area (Å²) in [5, 5.41) is 11.7. The number of rotatable bonds is 7. The molecule has 0 saturated heterocycles. The van der Waals surface area contributed by atoms with Gasteiger partial charge in [-0.25, -0.2) is 9.18 Å². The van der Waals surface area contributed by atoms with Crippen molar-refractivity contribution in [3.05, 3.63) is 30.1 Å². The van der Waals surface area contributed by atoms with Crippen molar-refractivity contribution in [2.75, 3.05) is 25.0 Å². The molecule has 0 fully saturated rings. The van der Waals surface area contributed by atoms with Crippen LogP contribution in [0.25, 0.3) is 0 Å². The molecule has 5 heteroatoms. The van der Waals surface area contributed by atoms with Crippen LogP contribution < -0.4 is 5.32 Å². The average molecular weight is 268 g/mol. The molecule has 0 aliphatic heterocycles. The zero-order valence-corrected chi connectivity index (χ0v) is 11.2. The minimum Gasteiger partial charge on any atom is -0.395 e. The molecular formula is C14H21FN2O2. The number of unbranched alkanes of at least 4 members (excludes halogenated alkanes) is 2. The number of nitrogens with zero attached hydrogens (tertiary/aromatic N) is 1. The highest BCUT2D eigenvalue weighted by molar-refractivity contribution is 5.89. The molecule has 1 rings (SSSR count). The molecule has 19 heavy (non-hydrogen) atoms. The van der Waals surface area contributed by atoms with Gasteiger partial charge < -0.3 is 15.3 Å². The summed E-state index contributed by atoms with van der Waals surface area (Å²) in [5.41, 5.74) is 0.546. The van der Waals surface area contributed by atoms with Crippen LogP contribution in [0.3, 0.4) is 0 Å². The topological polar surface area (TPSA) is 52.6 Å². The van der Waals surface area contributed by atoms with Gasteiger partial charge in [-0.15, -0.1) is 0 Å². The first kappa shape index (κ1) is 15.4. The highest BCUT2D eigenvalue weighted by Gasteiger charge is 2.12. The Morgan fingerprint density at radius 2 is 1.95 bits per heavy atom. The number of benzene rings is 1. The van der Waals surface area contributed by atoms with Gasteiger partial charge in [0.15, 0.2) is 0 Å². The number of hydrogen-bond acceptors (Lipinski definition) is 2. The van der Waals surface area contributed by atoms with Crippen LogP contribution in [-0.4, -0.2) is 35.7 Å². The van der Waals surface area contributed by atoms with Gasteiger partial charge >= 0.3 is 6.03 Å². The number of nitrogens with one attached hydrogen (secondary N) is 1. The highest BCUT2D eigenvalue weighted by atomic mass is 19.1. The first-order valence-electron chi connectivity index (χ1n) is 6.59. The normalized spacial score (nSPS) is 10.3. The molecule has 0 saturated carbocycles. The number of hydrogen-bond donors (Lipinski definition) is 2. The maximum Gasteiger partial charge on any atom is 0.321 e. The fraction of sp³-hybridized carbons (Fsp3) is 0.500. The van der Waals surface area contributed by atoms with Crippen LogP contribution in [0.1, 0.15) is 26.2 Å². The van der Waals surface area contributed by atoms with Crippen LogP contribution in [0.4, 0.5) is 14.9 Å². The van der Waals surface area contributed by atoms with Crippen molar-refractivity contribution < 1.29 is 14.3 Å². The molecule has 0 radical (unpaired) electrons. The lowest BCUT2D eigenvalue weighted by Crippen LogP contribution is -2.37. The summed E-state index contributed by atoms with van der Waals surface area (Å²) in [6, 6.07) is 5.34. The Bertz CT molecular complexity index is 382. The van der Waals surface area contributed by atoms with E-state index in [-0.39, 0.29) is 18.5 Å². The summed E-state index contributed by atoms with van der Waals surface area (Å²) in [5.74, 6) is -0.340. The summed E-state index contributed by atoms with van der Waals surface area (Å²) in [6.07, 6.45) is 3.03. The van der Waals surface area contributed by atoms with Gasteiger partial charge in [-0.2, -0.15) is 0 Å². The fourth-order valence-electron chi connectivity index (χ4n) is 1.72. The van der Waals surface area contributed by atoms with E-state index in [9.17, 15) is 9.18 Å². The predicted molar refractivity (Wildman–Crippen MR) is 73.6 cm³/mol. The lowest BCUT2D eigenvalue weighted by molar-refractivity contribution is 0.187. The van der Waals surface area contributed by atoms with Gasteiger partial charge in [0.05, 0.1) is 6.61 Å². The first-order chi connectivity index (χ1) is 9.17. The van der Waals surface area contributed by atoms with E-state index in [1.165, 1.54) is 24.3 Å². The molecular weight excluding hydrogens is 247 g/mol. The first-order valence-corrected chi connectivity index (χ1v) is 6.59. The largest absolute Gasteiger partial charge is 0.395 e. The molecule has 2 N–H and O–H groups in total. The van der Waals surface area contributed by atoms with E-state index in [0.29, 0.717) is 18.8 Å². The predicted octanol–water partition coefficient (Wildman–Crippen LogP) is 2.84. The summed E-state index contributed by atoms with van der Waals surface area (Å²) < 4.78 is 12.8. The number of anilines is 1. The van der Waals surface area contributed by atoms with Crippen molar-refractivity contribution in [2.24, 2.45) is 0 Å². The highest BCUT2D eigenvalue weighted by Crippen LogP contribution is 2.09. The minimum absolute atomic E-state index is 0.0665. The standard InChI is InChI=1S/C14H21FN2O2/c1-2-3-4-9-17(10-11-18)14(19)16-13-7-5-12(15)6-8-13/h5-8,18H,2-4,9-11H2,1H3,(H,16,19). The van der Waals surface area contributed by atoms with Gasteiger partial charge in [0.2, 0.25) is 0 Å². The number of urea groups is 1. The Balaban J connectivity index is 2.53. The van der Waals surface area contributed by atoms with Crippen molar-refractivity contribution in [1.82, 2.24) is 4.90 Å². The number of aliphatic hydroxyl groups excluding tert-OH is 1. The molecule has 0 heterocycles. The van der Waals surface area contributed by atoms with Gasteiger partial charge in [0.25, 0.3) is 0 Å². The van der Waals surface area contributed by atoms with Crippen molar-refractivity contribution in [1.29, 1.82) is 0 Å². The maximum atomic E-state index is 12.8. The number of halogens is 1. The van der Waals surface area contributed by atoms with E-state index in [4.69, 9.17) is 5.11 Å². The smallest absolute Gasteiger partial charge is 0.321 e. The molecule has 1 aromatic rings. The monoisotopic (exact) mass is 268 g/mol. The van der Waals surface area contributed by atoms with Gasteiger partial charge in [-0.1, -0.05) is 19.8 Å². The zero-order chi connectivity index (χ0) is 14.1. The molecule has 1 aromatic carbocycles. The van der Waals surface area contributed by atoms with Gasteiger partial charge in [-0.3, -0.25) is 0 Å². The second-order valence-corrected chi connectivity index (χ2v) is 4.35. The zero-order valence-electron chi connectivity index (χ0n) is 11.2. The SMILES string of the molecule is CCCCCN(CCO)C(=O)Nc1ccc(F)cc1. The van der Waals surface area contributed by atoms with Crippen molar-refractivity contribution >= 4 is 11.7 Å². The summed E-state index contributed by atoms with van der Waals surface area (Å²) >= 11 is 0. The molecule has 0 bridgehead atoms. The van der Waals surface area contributed by atoms with Crippen LogP contribution in [0.5, 0.6) is 0 Å². The minimum atomic E-state index is -0.340. The Hall–Kier alpha value is -1.62. The van der Waals surface area contributed by atoms with E-state index < -0.39 is 0 Å². The second-order valence-electron chi connectivity index (χ2n) is 4.35. The summed E-state index contributed by atoms with van der Waals surface area (Å²) in [6.45, 7) is 2.94. The second kappa shape index (κ2) is 8.48. The third-order valence-electron chi connectivity index (χ3n) is 2.78. The van der Waals surface area contributed by atoms with Crippen molar-refractivity contribution in [2.45, 2.75) is 26.2 Å². The lowest BCUT2D eigenvalue weighted by atomic mass is 10.2. The number of carbonyl (C=O) groups excluding carboxylic acids is 1. The Kier molecular flexibility index (Phi) is 6.89. The van der Waals surface area contributed by atoms with Gasteiger partial charge in [0.1, 0.15) is 5.82 Å². The van der Waals surface area contributed by atoms with E-state index in [2.05, 4.69) is 12.2 Å². The molecule has 0 unspecified atom stereocenters. The Morgan fingerprint density at radius 1 is 1.26 bits per heavy atom. The Labute approximate surface area is 113 Å². The number of carbonyl (C=O) groups is 1. The number of aliphatic hydroxyl groups is 1. The number of amides is 2. The molecule has 0 atom stereocenters. The van der Waals surface area contributed by atoms with Gasteiger partial charge in [-0.05, 0) is 30.7 Å². The molecule has 0 spiro atoms. The van der Waals surface area contributed by atoms with E-state index in [1.807, 2.05) is 0 Å². The molecule has 4 nitrogen and oxygen atoms in total. The van der Waals surface area contributed by atoms with Crippen molar-refractivity contribution in [3.63, 3.8) is 0 Å². The molecule has 0 aliphatic rings. The fourth-order valence-corrected chi connectivity index (χ4v) is 1.72. The van der Waals surface area contributed by atoms with Crippen LogP contribution in [0, 0.1) is 5.82 Å². The third-order valence-corrected chi connectivity index (χ3v) is 2.78. The van der Waals surface area contributed by atoms with Crippen molar-refractivity contribution in [3.8, 4) is 0 Å². The molecule has 0 aliphatic carbocycles. The quantitative estimate of drug-likeness (QED) is 0.747. The van der Waals surface area contributed by atoms with Crippen LogP contribution in [0.15, 0.2) is 24.3 Å². The van der Waals surface area contributed by atoms with Gasteiger partial charge in [0, 0.05) is 18.8 Å². The third kappa shape index (κ3) is 5.70. The van der Waals surface area contributed by atoms with E-state index >= 15 is 0 Å².